The normalized spacial score (nSPS) is 13.1. The monoisotopic (exact) mass is 666 g/mol. The number of fused-ring (bicyclic) bond motifs is 4. The fraction of sp³-hybridized carbons (Fsp3) is 0.143. The molecule has 0 fully saturated rings. The first-order valence-electron chi connectivity index (χ1n) is 15.9. The van der Waals surface area contributed by atoms with Gasteiger partial charge in [0.25, 0.3) is 0 Å². The molecule has 2 aliphatic rings. The summed E-state index contributed by atoms with van der Waals surface area (Å²) >= 11 is 0. The van der Waals surface area contributed by atoms with Crippen LogP contribution in [0.3, 0.4) is 0 Å². The number of hydrogen-bond acceptors (Lipinski definition) is 6. The minimum Gasteiger partial charge on any atom is -0.545 e. The first-order chi connectivity index (χ1) is 24.2. The SMILES string of the molecule is C#CC[NH+](C)CC1=Cc2ccccc2Oc2ccccc21.C#CC[NH+](C)CC1=Cc2ccccc2Oc2ccccc21.O=C([O-])/C=C\C(=O)[O-]. The molecule has 8 nitrogen and oxygen atoms in total. The number of rotatable bonds is 8. The van der Waals surface area contributed by atoms with Crippen LogP contribution in [0.4, 0.5) is 0 Å². The van der Waals surface area contributed by atoms with E-state index in [9.17, 15) is 19.8 Å². The van der Waals surface area contributed by atoms with Crippen molar-refractivity contribution >= 4 is 35.2 Å². The zero-order chi connectivity index (χ0) is 35.9. The number of aliphatic carboxylic acids is 2. The summed E-state index contributed by atoms with van der Waals surface area (Å²) in [7, 11) is 4.22. The van der Waals surface area contributed by atoms with Gasteiger partial charge in [0.2, 0.25) is 0 Å². The van der Waals surface area contributed by atoms with E-state index in [2.05, 4.69) is 62.4 Å². The summed E-state index contributed by atoms with van der Waals surface area (Å²) < 4.78 is 12.1. The zero-order valence-corrected chi connectivity index (χ0v) is 28.0. The van der Waals surface area contributed by atoms with Gasteiger partial charge >= 0.3 is 0 Å². The maximum Gasteiger partial charge on any atom is 0.139 e. The molecule has 2 heterocycles. The number of quaternary nitrogens is 2. The highest BCUT2D eigenvalue weighted by Gasteiger charge is 2.19. The Kier molecular flexibility index (Phi) is 13.4. The van der Waals surface area contributed by atoms with Crippen LogP contribution in [0.2, 0.25) is 0 Å². The third kappa shape index (κ3) is 10.6. The predicted molar refractivity (Wildman–Crippen MR) is 192 cm³/mol. The molecule has 0 aliphatic carbocycles. The highest BCUT2D eigenvalue weighted by Crippen LogP contribution is 2.38. The summed E-state index contributed by atoms with van der Waals surface area (Å²) in [5.74, 6) is 5.95. The van der Waals surface area contributed by atoms with Gasteiger partial charge < -0.3 is 39.1 Å². The topological polar surface area (TPSA) is 108 Å². The molecule has 2 atom stereocenters. The van der Waals surface area contributed by atoms with E-state index in [0.29, 0.717) is 25.2 Å². The van der Waals surface area contributed by atoms with Crippen LogP contribution in [-0.2, 0) is 9.59 Å². The molecule has 4 aromatic carbocycles. The first-order valence-corrected chi connectivity index (χ1v) is 15.9. The van der Waals surface area contributed by atoms with Gasteiger partial charge in [-0.3, -0.25) is 0 Å². The lowest BCUT2D eigenvalue weighted by atomic mass is 10.0. The molecule has 8 heteroatoms. The number of carboxylic acids is 2. The second-order valence-electron chi connectivity index (χ2n) is 11.6. The van der Waals surface area contributed by atoms with Crippen LogP contribution in [0.5, 0.6) is 23.0 Å². The Balaban J connectivity index is 0.000000186. The van der Waals surface area contributed by atoms with Gasteiger partial charge in [0.1, 0.15) is 49.2 Å². The number of nitrogens with one attached hydrogen (secondary N) is 2. The van der Waals surface area contributed by atoms with Gasteiger partial charge in [-0.05, 0) is 60.4 Å². The Labute approximate surface area is 293 Å². The number of terminal acetylenes is 2. The van der Waals surface area contributed by atoms with E-state index in [1.807, 2.05) is 72.8 Å². The average molecular weight is 667 g/mol. The van der Waals surface area contributed by atoms with Gasteiger partial charge in [-0.2, -0.15) is 0 Å². The van der Waals surface area contributed by atoms with E-state index in [0.717, 1.165) is 58.3 Å². The molecule has 0 saturated carbocycles. The van der Waals surface area contributed by atoms with E-state index < -0.39 is 11.9 Å². The standard InChI is InChI=1S/2C19H17NO.C4H4O4/c2*1-3-12-20(2)14-16-13-15-8-4-6-10-18(15)21-19-11-7-5-9-17(16)19;5-3(6)1-2-4(7)8/h2*1,4-11,13H,12,14H2,2H3;1-2H,(H,5,6)(H,7,8)/b;;2-1-. The number of carboxylic acid groups (broad SMARTS) is 2. The predicted octanol–water partition coefficient (Wildman–Crippen LogP) is 2.00. The van der Waals surface area contributed by atoms with Gasteiger partial charge in [0.15, 0.2) is 0 Å². The van der Waals surface area contributed by atoms with Crippen LogP contribution >= 0.6 is 0 Å². The van der Waals surface area contributed by atoms with Crippen molar-refractivity contribution < 1.29 is 39.1 Å². The van der Waals surface area contributed by atoms with Crippen molar-refractivity contribution in [2.75, 3.05) is 40.3 Å². The fourth-order valence-electron chi connectivity index (χ4n) is 5.35. The maximum absolute atomic E-state index is 9.41. The van der Waals surface area contributed by atoms with Gasteiger partial charge in [0.05, 0.1) is 26.0 Å². The quantitative estimate of drug-likeness (QED) is 0.220. The Bertz CT molecular complexity index is 1850. The third-order valence-electron chi connectivity index (χ3n) is 7.55. The largest absolute Gasteiger partial charge is 0.545 e. The molecule has 4 aromatic rings. The third-order valence-corrected chi connectivity index (χ3v) is 7.55. The van der Waals surface area contributed by atoms with Crippen molar-refractivity contribution in [3.63, 3.8) is 0 Å². The Morgan fingerprint density at radius 2 is 0.940 bits per heavy atom. The molecule has 2 N–H and O–H groups in total. The van der Waals surface area contributed by atoms with Gasteiger partial charge in [-0.1, -0.05) is 72.8 Å². The van der Waals surface area contributed by atoms with Crippen molar-refractivity contribution in [1.82, 2.24) is 0 Å². The molecule has 252 valence electrons. The second kappa shape index (κ2) is 18.3. The van der Waals surface area contributed by atoms with Crippen molar-refractivity contribution in [3.8, 4) is 47.7 Å². The van der Waals surface area contributed by atoms with Crippen molar-refractivity contribution in [2.24, 2.45) is 0 Å². The lowest BCUT2D eigenvalue weighted by Crippen LogP contribution is -3.08. The summed E-state index contributed by atoms with van der Waals surface area (Å²) in [6, 6.07) is 32.6. The van der Waals surface area contributed by atoms with Crippen molar-refractivity contribution in [3.05, 3.63) is 131 Å². The van der Waals surface area contributed by atoms with E-state index in [-0.39, 0.29) is 0 Å². The summed E-state index contributed by atoms with van der Waals surface area (Å²) in [5, 5.41) is 18.8. The molecule has 0 amide bonds. The summed E-state index contributed by atoms with van der Waals surface area (Å²) in [6.07, 6.45) is 16.0. The number of ether oxygens (including phenoxy) is 2. The molecule has 6 rings (SSSR count). The average Bonchev–Trinajstić information content (AvgIpc) is 3.35. The highest BCUT2D eigenvalue weighted by molar-refractivity contribution is 5.89. The number of para-hydroxylation sites is 4. The molecule has 0 spiro atoms. The van der Waals surface area contributed by atoms with Crippen molar-refractivity contribution in [2.45, 2.75) is 0 Å². The number of likely N-dealkylation sites (N-methyl/N-ethyl adjacent to an activating group) is 2. The van der Waals surface area contributed by atoms with Crippen LogP contribution in [0.1, 0.15) is 22.3 Å². The molecule has 50 heavy (non-hydrogen) atoms. The second-order valence-corrected chi connectivity index (χ2v) is 11.6. The number of carbonyl (C=O) groups is 2. The van der Waals surface area contributed by atoms with Crippen LogP contribution < -0.4 is 29.5 Å². The van der Waals surface area contributed by atoms with E-state index in [1.165, 1.54) is 20.9 Å². The lowest BCUT2D eigenvalue weighted by Gasteiger charge is -2.14. The minimum atomic E-state index is -1.55. The summed E-state index contributed by atoms with van der Waals surface area (Å²) in [4.78, 5) is 21.4. The van der Waals surface area contributed by atoms with Crippen LogP contribution in [0.15, 0.2) is 109 Å². The molecule has 0 aromatic heterocycles. The van der Waals surface area contributed by atoms with Crippen molar-refractivity contribution in [1.29, 1.82) is 0 Å². The Hall–Kier alpha value is -6.32. The van der Waals surface area contributed by atoms with Gasteiger partial charge in [0, 0.05) is 33.4 Å². The summed E-state index contributed by atoms with van der Waals surface area (Å²) in [6.45, 7) is 3.17. The van der Waals surface area contributed by atoms with E-state index in [1.54, 1.807) is 0 Å². The number of hydrogen-bond donors (Lipinski definition) is 2. The molecule has 0 bridgehead atoms. The molecule has 0 saturated heterocycles. The fourth-order valence-corrected chi connectivity index (χ4v) is 5.35. The minimum absolute atomic E-state index is 0.384. The molecule has 0 radical (unpaired) electrons. The lowest BCUT2D eigenvalue weighted by molar-refractivity contribution is -0.863. The smallest absolute Gasteiger partial charge is 0.139 e. The number of benzene rings is 4. The van der Waals surface area contributed by atoms with Gasteiger partial charge in [-0.15, -0.1) is 12.8 Å². The maximum atomic E-state index is 9.41. The number of carbonyl (C=O) groups excluding carboxylic acids is 2. The molecule has 2 aliphatic heterocycles. The van der Waals surface area contributed by atoms with Crippen LogP contribution in [-0.4, -0.2) is 52.2 Å². The van der Waals surface area contributed by atoms with E-state index >= 15 is 0 Å². The summed E-state index contributed by atoms with van der Waals surface area (Å²) in [5.41, 5.74) is 7.01. The molecular weight excluding hydrogens is 628 g/mol. The van der Waals surface area contributed by atoms with Crippen LogP contribution in [0, 0.1) is 24.7 Å². The van der Waals surface area contributed by atoms with E-state index in [4.69, 9.17) is 22.3 Å². The zero-order valence-electron chi connectivity index (χ0n) is 28.0. The molecular formula is C42H38N2O6. The molecule has 2 unspecified atom stereocenters. The first kappa shape index (κ1) is 36.5. The van der Waals surface area contributed by atoms with Gasteiger partial charge in [-0.25, -0.2) is 0 Å². The Morgan fingerprint density at radius 1 is 0.600 bits per heavy atom. The highest BCUT2D eigenvalue weighted by atomic mass is 16.5. The Morgan fingerprint density at radius 3 is 1.30 bits per heavy atom. The van der Waals surface area contributed by atoms with Crippen LogP contribution in [0.25, 0.3) is 23.3 Å².